The zero-order valence-electron chi connectivity index (χ0n) is 10.6. The Morgan fingerprint density at radius 2 is 1.47 bits per heavy atom. The monoisotopic (exact) mass is 213 g/mol. The van der Waals surface area contributed by atoms with Crippen molar-refractivity contribution in [1.82, 2.24) is 4.90 Å². The summed E-state index contributed by atoms with van der Waals surface area (Å²) in [6, 6.07) is 0. The second-order valence-corrected chi connectivity index (χ2v) is 6.94. The highest BCUT2D eigenvalue weighted by atomic mass is 19.1. The standard InChI is InChI=1S/C13H24FN/c1-11(2,3)15-9-13(10-15)7-5-12(4,14)6-8-13/h5-10H2,1-4H3. The van der Waals surface area contributed by atoms with E-state index in [0.29, 0.717) is 11.0 Å². The molecule has 0 bridgehead atoms. The van der Waals surface area contributed by atoms with Crippen LogP contribution in [0, 0.1) is 5.41 Å². The molecule has 1 spiro atoms. The van der Waals surface area contributed by atoms with Crippen molar-refractivity contribution in [2.45, 2.75) is 64.6 Å². The van der Waals surface area contributed by atoms with Crippen molar-refractivity contribution < 1.29 is 4.39 Å². The van der Waals surface area contributed by atoms with Crippen molar-refractivity contribution in [2.24, 2.45) is 5.41 Å². The summed E-state index contributed by atoms with van der Waals surface area (Å²) in [6.45, 7) is 10.9. The number of hydrogen-bond donors (Lipinski definition) is 0. The SMILES string of the molecule is CC1(F)CCC2(CC1)CN(C(C)(C)C)C2. The summed E-state index contributed by atoms with van der Waals surface area (Å²) in [5.74, 6) is 0. The smallest absolute Gasteiger partial charge is 0.108 e. The van der Waals surface area contributed by atoms with Crippen molar-refractivity contribution >= 4 is 0 Å². The van der Waals surface area contributed by atoms with Gasteiger partial charge in [0.1, 0.15) is 5.67 Å². The number of halogens is 1. The van der Waals surface area contributed by atoms with Crippen molar-refractivity contribution in [2.75, 3.05) is 13.1 Å². The van der Waals surface area contributed by atoms with Crippen LogP contribution in [0.2, 0.25) is 0 Å². The fourth-order valence-electron chi connectivity index (χ4n) is 2.86. The number of likely N-dealkylation sites (tertiary alicyclic amines) is 1. The molecular formula is C13H24FN. The first-order chi connectivity index (χ1) is 6.73. The molecule has 0 aromatic carbocycles. The average Bonchev–Trinajstić information content (AvgIpc) is 1.98. The van der Waals surface area contributed by atoms with E-state index in [9.17, 15) is 4.39 Å². The van der Waals surface area contributed by atoms with E-state index < -0.39 is 5.67 Å². The molecule has 0 aromatic rings. The lowest BCUT2D eigenvalue weighted by molar-refractivity contribution is -0.0988. The van der Waals surface area contributed by atoms with Crippen LogP contribution in [0.1, 0.15) is 53.4 Å². The Hall–Kier alpha value is -0.110. The minimum absolute atomic E-state index is 0.293. The van der Waals surface area contributed by atoms with Gasteiger partial charge in [0.05, 0.1) is 0 Å². The van der Waals surface area contributed by atoms with Crippen LogP contribution in [0.3, 0.4) is 0 Å². The van der Waals surface area contributed by atoms with Crippen molar-refractivity contribution in [3.05, 3.63) is 0 Å². The van der Waals surface area contributed by atoms with Crippen LogP contribution in [-0.2, 0) is 0 Å². The van der Waals surface area contributed by atoms with Crippen molar-refractivity contribution in [3.63, 3.8) is 0 Å². The van der Waals surface area contributed by atoms with Gasteiger partial charge >= 0.3 is 0 Å². The van der Waals surface area contributed by atoms with Gasteiger partial charge in [-0.15, -0.1) is 0 Å². The Labute approximate surface area is 93.0 Å². The lowest BCUT2D eigenvalue weighted by Gasteiger charge is -2.58. The zero-order chi connectivity index (χ0) is 11.3. The average molecular weight is 213 g/mol. The molecule has 0 unspecified atom stereocenters. The minimum atomic E-state index is -0.882. The van der Waals surface area contributed by atoms with Crippen LogP contribution in [0.5, 0.6) is 0 Å². The third kappa shape index (κ3) is 2.20. The van der Waals surface area contributed by atoms with Gasteiger partial charge in [0.15, 0.2) is 0 Å². The van der Waals surface area contributed by atoms with E-state index in [4.69, 9.17) is 0 Å². The first kappa shape index (κ1) is 11.4. The fraction of sp³-hybridized carbons (Fsp3) is 1.00. The molecule has 2 rings (SSSR count). The van der Waals surface area contributed by atoms with Crippen LogP contribution in [0.25, 0.3) is 0 Å². The van der Waals surface area contributed by atoms with E-state index >= 15 is 0 Å². The minimum Gasteiger partial charge on any atom is -0.297 e. The zero-order valence-corrected chi connectivity index (χ0v) is 10.6. The molecule has 88 valence electrons. The molecule has 0 N–H and O–H groups in total. The van der Waals surface area contributed by atoms with Gasteiger partial charge < -0.3 is 0 Å². The molecule has 0 radical (unpaired) electrons. The van der Waals surface area contributed by atoms with Gasteiger partial charge in [-0.05, 0) is 58.8 Å². The topological polar surface area (TPSA) is 3.24 Å². The molecule has 1 saturated heterocycles. The summed E-state index contributed by atoms with van der Waals surface area (Å²) in [4.78, 5) is 2.52. The molecule has 1 saturated carbocycles. The van der Waals surface area contributed by atoms with E-state index in [1.54, 1.807) is 6.92 Å². The molecule has 2 fully saturated rings. The second kappa shape index (κ2) is 3.19. The van der Waals surface area contributed by atoms with Crippen LogP contribution < -0.4 is 0 Å². The van der Waals surface area contributed by atoms with E-state index in [1.165, 1.54) is 13.1 Å². The lowest BCUT2D eigenvalue weighted by atomic mass is 9.64. The highest BCUT2D eigenvalue weighted by Crippen LogP contribution is 2.49. The third-order valence-corrected chi connectivity index (χ3v) is 4.35. The Morgan fingerprint density at radius 1 is 1.00 bits per heavy atom. The maximum absolute atomic E-state index is 13.7. The van der Waals surface area contributed by atoms with Gasteiger partial charge in [-0.1, -0.05) is 0 Å². The number of alkyl halides is 1. The maximum atomic E-state index is 13.7. The molecule has 1 aliphatic heterocycles. The predicted octanol–water partition coefficient (Wildman–Crippen LogP) is 3.39. The predicted molar refractivity (Wildman–Crippen MR) is 61.7 cm³/mol. The molecular weight excluding hydrogens is 189 g/mol. The Bertz CT molecular complexity index is 234. The van der Waals surface area contributed by atoms with Crippen LogP contribution >= 0.6 is 0 Å². The molecule has 1 aliphatic carbocycles. The molecule has 2 heteroatoms. The Balaban J connectivity index is 1.89. The molecule has 15 heavy (non-hydrogen) atoms. The van der Waals surface area contributed by atoms with Crippen LogP contribution in [-0.4, -0.2) is 29.2 Å². The largest absolute Gasteiger partial charge is 0.297 e. The molecule has 1 heterocycles. The molecule has 0 atom stereocenters. The molecule has 1 nitrogen and oxygen atoms in total. The summed E-state index contributed by atoms with van der Waals surface area (Å²) >= 11 is 0. The highest BCUT2D eigenvalue weighted by molar-refractivity contribution is 5.03. The summed E-state index contributed by atoms with van der Waals surface area (Å²) in [7, 11) is 0. The van der Waals surface area contributed by atoms with Crippen molar-refractivity contribution in [1.29, 1.82) is 0 Å². The highest BCUT2D eigenvalue weighted by Gasteiger charge is 2.50. The quantitative estimate of drug-likeness (QED) is 0.596. The van der Waals surface area contributed by atoms with E-state index in [1.807, 2.05) is 0 Å². The molecule has 0 amide bonds. The summed E-state index contributed by atoms with van der Waals surface area (Å²) < 4.78 is 13.7. The van der Waals surface area contributed by atoms with Gasteiger partial charge in [0.2, 0.25) is 0 Å². The Morgan fingerprint density at radius 3 is 1.87 bits per heavy atom. The van der Waals surface area contributed by atoms with E-state index in [0.717, 1.165) is 25.7 Å². The first-order valence-corrected chi connectivity index (χ1v) is 6.17. The van der Waals surface area contributed by atoms with Gasteiger partial charge in [-0.25, -0.2) is 4.39 Å². The fourth-order valence-corrected chi connectivity index (χ4v) is 2.86. The van der Waals surface area contributed by atoms with E-state index in [-0.39, 0.29) is 0 Å². The number of rotatable bonds is 0. The number of hydrogen-bond acceptors (Lipinski definition) is 1. The normalized spacial score (nSPS) is 30.2. The van der Waals surface area contributed by atoms with Gasteiger partial charge in [0, 0.05) is 18.6 Å². The van der Waals surface area contributed by atoms with E-state index in [2.05, 4.69) is 25.7 Å². The molecule has 0 aromatic heterocycles. The van der Waals surface area contributed by atoms with Gasteiger partial charge in [-0.3, -0.25) is 4.90 Å². The summed E-state index contributed by atoms with van der Waals surface area (Å²) in [5, 5.41) is 0. The second-order valence-electron chi connectivity index (χ2n) is 6.94. The maximum Gasteiger partial charge on any atom is 0.108 e. The van der Waals surface area contributed by atoms with Crippen LogP contribution in [0.4, 0.5) is 4.39 Å². The molecule has 2 aliphatic rings. The van der Waals surface area contributed by atoms with Gasteiger partial charge in [0.25, 0.3) is 0 Å². The first-order valence-electron chi connectivity index (χ1n) is 6.17. The summed E-state index contributed by atoms with van der Waals surface area (Å²) in [6.07, 6.45) is 3.72. The number of nitrogens with zero attached hydrogens (tertiary/aromatic N) is 1. The van der Waals surface area contributed by atoms with Gasteiger partial charge in [-0.2, -0.15) is 0 Å². The lowest BCUT2D eigenvalue weighted by Crippen LogP contribution is -2.64. The van der Waals surface area contributed by atoms with Crippen LogP contribution in [0.15, 0.2) is 0 Å². The van der Waals surface area contributed by atoms with Crippen molar-refractivity contribution in [3.8, 4) is 0 Å². The Kier molecular flexibility index (Phi) is 2.42. The summed E-state index contributed by atoms with van der Waals surface area (Å²) in [5.41, 5.74) is -0.117. The third-order valence-electron chi connectivity index (χ3n) is 4.35.